The second-order valence-corrected chi connectivity index (χ2v) is 8.32. The highest BCUT2D eigenvalue weighted by atomic mass is 32.2. The number of hydrogen-bond acceptors (Lipinski definition) is 5. The van der Waals surface area contributed by atoms with Gasteiger partial charge in [0.2, 0.25) is 10.0 Å². The van der Waals surface area contributed by atoms with Crippen molar-refractivity contribution in [3.05, 3.63) is 41.5 Å². The van der Waals surface area contributed by atoms with Crippen LogP contribution in [0, 0.1) is 0 Å². The van der Waals surface area contributed by atoms with Gasteiger partial charge < -0.3 is 10.1 Å². The van der Waals surface area contributed by atoms with Crippen molar-refractivity contribution in [2.45, 2.75) is 50.0 Å². The molecule has 2 N–H and O–H groups in total. The van der Waals surface area contributed by atoms with E-state index < -0.39 is 22.1 Å². The summed E-state index contributed by atoms with van der Waals surface area (Å²) in [6, 6.07) is 5.48. The van der Waals surface area contributed by atoms with Crippen LogP contribution in [0.15, 0.2) is 40.8 Å². The van der Waals surface area contributed by atoms with Gasteiger partial charge in [0.25, 0.3) is 5.91 Å². The maximum Gasteiger partial charge on any atom is 0.338 e. The Hall–Kier alpha value is -2.19. The molecule has 0 saturated carbocycles. The Labute approximate surface area is 160 Å². The van der Waals surface area contributed by atoms with Crippen molar-refractivity contribution >= 4 is 21.9 Å². The third-order valence-electron chi connectivity index (χ3n) is 4.43. The summed E-state index contributed by atoms with van der Waals surface area (Å²) in [4.78, 5) is 24.3. The molecule has 0 saturated heterocycles. The van der Waals surface area contributed by atoms with Gasteiger partial charge in [-0.2, -0.15) is 0 Å². The minimum Gasteiger partial charge on any atom is -0.449 e. The summed E-state index contributed by atoms with van der Waals surface area (Å²) in [5.41, 5.74) is 1.42. The molecule has 0 fully saturated rings. The second-order valence-electron chi connectivity index (χ2n) is 6.43. The van der Waals surface area contributed by atoms with Crippen molar-refractivity contribution in [2.75, 3.05) is 13.6 Å². The van der Waals surface area contributed by atoms with Crippen LogP contribution in [0.3, 0.4) is 0 Å². The van der Waals surface area contributed by atoms with Crippen LogP contribution in [0.1, 0.15) is 49.4 Å². The Balaban J connectivity index is 1.88. The van der Waals surface area contributed by atoms with Gasteiger partial charge in [-0.15, -0.1) is 0 Å². The maximum absolute atomic E-state index is 12.2. The fourth-order valence-corrected chi connectivity index (χ4v) is 3.59. The van der Waals surface area contributed by atoms with Gasteiger partial charge >= 0.3 is 5.97 Å². The minimum absolute atomic E-state index is 0.0442. The quantitative estimate of drug-likeness (QED) is 0.520. The van der Waals surface area contributed by atoms with E-state index in [1.54, 1.807) is 0 Å². The Morgan fingerprint density at radius 3 is 2.70 bits per heavy atom. The molecule has 2 rings (SSSR count). The van der Waals surface area contributed by atoms with Crippen molar-refractivity contribution in [1.82, 2.24) is 10.0 Å². The van der Waals surface area contributed by atoms with Crippen molar-refractivity contribution in [2.24, 2.45) is 0 Å². The van der Waals surface area contributed by atoms with E-state index in [1.807, 2.05) is 0 Å². The summed E-state index contributed by atoms with van der Waals surface area (Å²) in [5.74, 6) is -1.13. The van der Waals surface area contributed by atoms with Crippen LogP contribution in [0.2, 0.25) is 0 Å². The number of esters is 1. The first-order valence-electron chi connectivity index (χ1n) is 9.03. The zero-order valence-electron chi connectivity index (χ0n) is 15.7. The highest BCUT2D eigenvalue weighted by Gasteiger charge is 2.20. The van der Waals surface area contributed by atoms with Crippen LogP contribution >= 0.6 is 0 Å². The van der Waals surface area contributed by atoms with Gasteiger partial charge in [-0.3, -0.25) is 4.79 Å². The minimum atomic E-state index is -3.66. The summed E-state index contributed by atoms with van der Waals surface area (Å²) in [6.45, 7) is 1.99. The zero-order chi connectivity index (χ0) is 19.9. The van der Waals surface area contributed by atoms with Crippen LogP contribution < -0.4 is 10.0 Å². The number of allylic oxidation sites excluding steroid dienone is 1. The van der Waals surface area contributed by atoms with E-state index in [-0.39, 0.29) is 16.4 Å². The Bertz CT molecular complexity index is 817. The summed E-state index contributed by atoms with van der Waals surface area (Å²) in [6.07, 6.45) is 6.64. The molecule has 8 heteroatoms. The molecule has 1 aromatic carbocycles. The molecular formula is C19H26N2O5S. The van der Waals surface area contributed by atoms with Gasteiger partial charge in [-0.1, -0.05) is 17.7 Å². The molecule has 1 aromatic rings. The van der Waals surface area contributed by atoms with E-state index in [4.69, 9.17) is 4.74 Å². The molecule has 0 heterocycles. The van der Waals surface area contributed by atoms with Crippen LogP contribution in [-0.2, 0) is 19.6 Å². The molecule has 1 aliphatic carbocycles. The molecule has 1 amide bonds. The molecule has 0 spiro atoms. The first kappa shape index (κ1) is 21.1. The third kappa shape index (κ3) is 6.18. The zero-order valence-corrected chi connectivity index (χ0v) is 16.5. The second kappa shape index (κ2) is 9.66. The fraction of sp³-hybridized carbons (Fsp3) is 0.474. The molecule has 7 nitrogen and oxygen atoms in total. The summed E-state index contributed by atoms with van der Waals surface area (Å²) in [5, 5.41) is 2.77. The van der Waals surface area contributed by atoms with Crippen LogP contribution in [0.4, 0.5) is 0 Å². The molecule has 0 aromatic heterocycles. The Morgan fingerprint density at radius 2 is 2.04 bits per heavy atom. The first-order chi connectivity index (χ1) is 12.8. The molecule has 1 atom stereocenters. The number of rotatable bonds is 8. The highest BCUT2D eigenvalue weighted by molar-refractivity contribution is 7.89. The summed E-state index contributed by atoms with van der Waals surface area (Å²) < 4.78 is 31.0. The lowest BCUT2D eigenvalue weighted by Crippen LogP contribution is -2.36. The normalized spacial score (nSPS) is 15.6. The van der Waals surface area contributed by atoms with E-state index >= 15 is 0 Å². The number of benzene rings is 1. The van der Waals surface area contributed by atoms with Gasteiger partial charge in [-0.25, -0.2) is 17.9 Å². The maximum atomic E-state index is 12.2. The molecule has 27 heavy (non-hydrogen) atoms. The lowest BCUT2D eigenvalue weighted by Gasteiger charge is -2.16. The SMILES string of the molecule is CNS(=O)(=O)c1cccc(C(=O)O[C@@H](C)C(=O)NCCC2=CCCCC2)c1. The molecule has 148 valence electrons. The molecular weight excluding hydrogens is 368 g/mol. The number of ether oxygens (including phenoxy) is 1. The highest BCUT2D eigenvalue weighted by Crippen LogP contribution is 2.19. The number of carbonyl (C=O) groups excluding carboxylic acids is 2. The largest absolute Gasteiger partial charge is 0.449 e. The predicted molar refractivity (Wildman–Crippen MR) is 102 cm³/mol. The molecule has 0 aliphatic heterocycles. The summed E-state index contributed by atoms with van der Waals surface area (Å²) >= 11 is 0. The van der Waals surface area contributed by atoms with Crippen LogP contribution in [-0.4, -0.2) is 40.0 Å². The predicted octanol–water partition coefficient (Wildman–Crippen LogP) is 2.15. The average molecular weight is 394 g/mol. The monoisotopic (exact) mass is 394 g/mol. The lowest BCUT2D eigenvalue weighted by atomic mass is 9.97. The van der Waals surface area contributed by atoms with Crippen molar-refractivity contribution < 1.29 is 22.7 Å². The van der Waals surface area contributed by atoms with E-state index in [1.165, 1.54) is 56.7 Å². The molecule has 1 aliphatic rings. The van der Waals surface area contributed by atoms with Crippen LogP contribution in [0.5, 0.6) is 0 Å². The lowest BCUT2D eigenvalue weighted by molar-refractivity contribution is -0.129. The topological polar surface area (TPSA) is 102 Å². The van der Waals surface area contributed by atoms with Gasteiger partial charge in [0, 0.05) is 6.54 Å². The molecule has 0 bridgehead atoms. The van der Waals surface area contributed by atoms with Gasteiger partial charge in [-0.05, 0) is 64.3 Å². The van der Waals surface area contributed by atoms with Crippen molar-refractivity contribution in [1.29, 1.82) is 0 Å². The Kier molecular flexibility index (Phi) is 7.55. The van der Waals surface area contributed by atoms with Gasteiger partial charge in [0.05, 0.1) is 10.5 Å². The van der Waals surface area contributed by atoms with E-state index in [0.29, 0.717) is 6.54 Å². The molecule has 0 unspecified atom stereocenters. The van der Waals surface area contributed by atoms with Gasteiger partial charge in [0.1, 0.15) is 0 Å². The van der Waals surface area contributed by atoms with Crippen molar-refractivity contribution in [3.8, 4) is 0 Å². The smallest absolute Gasteiger partial charge is 0.338 e. The van der Waals surface area contributed by atoms with E-state index in [9.17, 15) is 18.0 Å². The van der Waals surface area contributed by atoms with E-state index in [0.717, 1.165) is 19.3 Å². The number of amides is 1. The van der Waals surface area contributed by atoms with Gasteiger partial charge in [0.15, 0.2) is 6.10 Å². The van der Waals surface area contributed by atoms with E-state index in [2.05, 4.69) is 16.1 Å². The van der Waals surface area contributed by atoms with Crippen LogP contribution in [0.25, 0.3) is 0 Å². The third-order valence-corrected chi connectivity index (χ3v) is 5.84. The van der Waals surface area contributed by atoms with Crippen molar-refractivity contribution in [3.63, 3.8) is 0 Å². The average Bonchev–Trinajstić information content (AvgIpc) is 2.68. The number of carbonyl (C=O) groups is 2. The molecule has 0 radical (unpaired) electrons. The number of nitrogens with one attached hydrogen (secondary N) is 2. The fourth-order valence-electron chi connectivity index (χ4n) is 2.81. The summed E-state index contributed by atoms with van der Waals surface area (Å²) in [7, 11) is -2.38. The number of hydrogen-bond donors (Lipinski definition) is 2. The first-order valence-corrected chi connectivity index (χ1v) is 10.5. The standard InChI is InChI=1S/C19H26N2O5S/c1-14(18(22)21-12-11-15-7-4-3-5-8-15)26-19(23)16-9-6-10-17(13-16)27(24,25)20-2/h6-7,9-10,13-14,20H,3-5,8,11-12H2,1-2H3,(H,21,22)/t14-/m0/s1. The Morgan fingerprint density at radius 1 is 1.26 bits per heavy atom. The number of sulfonamides is 1.